The largest absolute Gasteiger partial charge is 0.453 e. The summed E-state index contributed by atoms with van der Waals surface area (Å²) >= 11 is 0. The van der Waals surface area contributed by atoms with Crippen LogP contribution in [0.15, 0.2) is 28.7 Å². The normalized spacial score (nSPS) is 10.3. The van der Waals surface area contributed by atoms with Crippen LogP contribution < -0.4 is 5.73 Å². The summed E-state index contributed by atoms with van der Waals surface area (Å²) in [5.74, 6) is 0.427. The van der Waals surface area contributed by atoms with Crippen molar-refractivity contribution in [2.75, 3.05) is 5.73 Å². The Bertz CT molecular complexity index is 431. The van der Waals surface area contributed by atoms with Gasteiger partial charge in [0.1, 0.15) is 5.58 Å². The van der Waals surface area contributed by atoms with Gasteiger partial charge in [0.2, 0.25) is 0 Å². The Labute approximate surface area is 69.3 Å². The molecule has 1 aromatic carbocycles. The molecule has 1 heterocycles. The van der Waals surface area contributed by atoms with Crippen LogP contribution in [-0.4, -0.2) is 6.21 Å². The Balaban J connectivity index is 2.87. The summed E-state index contributed by atoms with van der Waals surface area (Å²) in [5.41, 5.74) is 6.98. The smallest absolute Gasteiger partial charge is 0.168 e. The number of hydrogen-bond acceptors (Lipinski definition) is 3. The first-order chi connectivity index (χ1) is 5.83. The predicted molar refractivity (Wildman–Crippen MR) is 48.5 cm³/mol. The van der Waals surface area contributed by atoms with Gasteiger partial charge in [0.15, 0.2) is 5.76 Å². The van der Waals surface area contributed by atoms with Gasteiger partial charge in [0.25, 0.3) is 0 Å². The first-order valence-corrected chi connectivity index (χ1v) is 3.60. The third kappa shape index (κ3) is 0.797. The highest BCUT2D eigenvalue weighted by molar-refractivity contribution is 5.98. The summed E-state index contributed by atoms with van der Waals surface area (Å²) in [5, 5.41) is 7.89. The number of nitrogens with two attached hydrogens (primary N) is 1. The Morgan fingerprint density at radius 1 is 1.33 bits per heavy atom. The molecule has 0 unspecified atom stereocenters. The van der Waals surface area contributed by atoms with E-state index in [1.54, 1.807) is 0 Å². The van der Waals surface area contributed by atoms with Crippen molar-refractivity contribution in [1.29, 1.82) is 5.41 Å². The first kappa shape index (κ1) is 6.91. The fraction of sp³-hybridized carbons (Fsp3) is 0. The Kier molecular flexibility index (Phi) is 1.37. The zero-order valence-corrected chi connectivity index (χ0v) is 6.37. The van der Waals surface area contributed by atoms with Crippen LogP contribution >= 0.6 is 0 Å². The molecule has 2 aromatic rings. The summed E-state index contributed by atoms with van der Waals surface area (Å²) in [6, 6.07) is 7.47. The average Bonchev–Trinajstić information content (AvgIpc) is 2.44. The molecule has 0 saturated carbocycles. The number of fused-ring (bicyclic) bond motifs is 1. The Morgan fingerprint density at radius 3 is 2.75 bits per heavy atom. The zero-order valence-electron chi connectivity index (χ0n) is 6.37. The second-order valence-electron chi connectivity index (χ2n) is 2.52. The molecule has 0 atom stereocenters. The highest BCUT2D eigenvalue weighted by Crippen LogP contribution is 2.26. The summed E-state index contributed by atoms with van der Waals surface area (Å²) in [4.78, 5) is 0. The molecule has 0 amide bonds. The van der Waals surface area contributed by atoms with Crippen LogP contribution in [-0.2, 0) is 0 Å². The van der Waals surface area contributed by atoms with Gasteiger partial charge in [0, 0.05) is 5.39 Å². The van der Waals surface area contributed by atoms with E-state index in [0.29, 0.717) is 11.4 Å². The predicted octanol–water partition coefficient (Wildman–Crippen LogP) is 2.01. The molecular weight excluding hydrogens is 152 g/mol. The van der Waals surface area contributed by atoms with Gasteiger partial charge in [-0.2, -0.15) is 0 Å². The molecule has 0 aliphatic carbocycles. The molecule has 0 bridgehead atoms. The lowest BCUT2D eigenvalue weighted by atomic mass is 10.2. The third-order valence-corrected chi connectivity index (χ3v) is 1.79. The third-order valence-electron chi connectivity index (χ3n) is 1.79. The second-order valence-corrected chi connectivity index (χ2v) is 2.52. The molecule has 2 rings (SSSR count). The van der Waals surface area contributed by atoms with Crippen molar-refractivity contribution < 1.29 is 4.42 Å². The summed E-state index contributed by atoms with van der Waals surface area (Å²) < 4.78 is 5.28. The van der Waals surface area contributed by atoms with Crippen molar-refractivity contribution in [2.24, 2.45) is 0 Å². The number of benzene rings is 1. The maximum absolute atomic E-state index is 7.02. The SMILES string of the molecule is N=Cc1oc2ccccc2c1N. The van der Waals surface area contributed by atoms with Gasteiger partial charge in [-0.1, -0.05) is 12.1 Å². The van der Waals surface area contributed by atoms with Crippen LogP contribution in [0.1, 0.15) is 5.76 Å². The molecule has 0 spiro atoms. The highest BCUT2D eigenvalue weighted by atomic mass is 16.3. The molecule has 3 nitrogen and oxygen atoms in total. The quantitative estimate of drug-likeness (QED) is 0.627. The molecule has 0 radical (unpaired) electrons. The van der Waals surface area contributed by atoms with E-state index in [9.17, 15) is 0 Å². The number of nitrogens with one attached hydrogen (secondary N) is 1. The van der Waals surface area contributed by atoms with Gasteiger partial charge < -0.3 is 15.6 Å². The maximum Gasteiger partial charge on any atom is 0.168 e. The number of anilines is 1. The lowest BCUT2D eigenvalue weighted by Gasteiger charge is -1.85. The number of nitrogen functional groups attached to an aromatic ring is 1. The van der Waals surface area contributed by atoms with E-state index in [-0.39, 0.29) is 0 Å². The minimum atomic E-state index is 0.427. The molecule has 0 saturated heterocycles. The fourth-order valence-corrected chi connectivity index (χ4v) is 1.19. The summed E-state index contributed by atoms with van der Waals surface area (Å²) in [6.45, 7) is 0. The van der Waals surface area contributed by atoms with Gasteiger partial charge in [-0.15, -0.1) is 0 Å². The number of rotatable bonds is 1. The van der Waals surface area contributed by atoms with Crippen molar-refractivity contribution in [3.05, 3.63) is 30.0 Å². The topological polar surface area (TPSA) is 63.0 Å². The van der Waals surface area contributed by atoms with E-state index >= 15 is 0 Å². The number of furan rings is 1. The van der Waals surface area contributed by atoms with E-state index < -0.39 is 0 Å². The average molecular weight is 160 g/mol. The molecule has 0 fully saturated rings. The summed E-state index contributed by atoms with van der Waals surface area (Å²) in [6.07, 6.45) is 1.12. The van der Waals surface area contributed by atoms with Crippen molar-refractivity contribution >= 4 is 22.9 Å². The van der Waals surface area contributed by atoms with Crippen molar-refractivity contribution in [3.8, 4) is 0 Å². The molecule has 0 aliphatic rings. The van der Waals surface area contributed by atoms with Crippen LogP contribution in [0, 0.1) is 5.41 Å². The molecular formula is C9H8N2O. The fourth-order valence-electron chi connectivity index (χ4n) is 1.19. The number of hydrogen-bond donors (Lipinski definition) is 2. The van der Waals surface area contributed by atoms with Gasteiger partial charge in [-0.25, -0.2) is 0 Å². The van der Waals surface area contributed by atoms with E-state index in [1.165, 1.54) is 0 Å². The van der Waals surface area contributed by atoms with E-state index in [0.717, 1.165) is 17.2 Å². The van der Waals surface area contributed by atoms with Crippen LogP contribution in [0.3, 0.4) is 0 Å². The maximum atomic E-state index is 7.02. The molecule has 12 heavy (non-hydrogen) atoms. The molecule has 0 aliphatic heterocycles. The number of para-hydroxylation sites is 1. The van der Waals surface area contributed by atoms with Crippen LogP contribution in [0.5, 0.6) is 0 Å². The Hall–Kier alpha value is -1.77. The van der Waals surface area contributed by atoms with Crippen molar-refractivity contribution in [1.82, 2.24) is 0 Å². The van der Waals surface area contributed by atoms with Gasteiger partial charge in [-0.3, -0.25) is 0 Å². The zero-order chi connectivity index (χ0) is 8.55. The lowest BCUT2D eigenvalue weighted by molar-refractivity contribution is 0.609. The van der Waals surface area contributed by atoms with E-state index in [2.05, 4.69) is 0 Å². The van der Waals surface area contributed by atoms with Crippen LogP contribution in [0.25, 0.3) is 11.0 Å². The van der Waals surface area contributed by atoms with E-state index in [4.69, 9.17) is 15.6 Å². The Morgan fingerprint density at radius 2 is 2.08 bits per heavy atom. The van der Waals surface area contributed by atoms with Crippen LogP contribution in [0.2, 0.25) is 0 Å². The van der Waals surface area contributed by atoms with Crippen molar-refractivity contribution in [3.63, 3.8) is 0 Å². The minimum Gasteiger partial charge on any atom is -0.453 e. The molecule has 1 aromatic heterocycles. The van der Waals surface area contributed by atoms with Gasteiger partial charge in [0.05, 0.1) is 11.9 Å². The van der Waals surface area contributed by atoms with Gasteiger partial charge in [-0.05, 0) is 12.1 Å². The lowest BCUT2D eigenvalue weighted by Crippen LogP contribution is -1.86. The molecule has 3 N–H and O–H groups in total. The second kappa shape index (κ2) is 2.37. The minimum absolute atomic E-state index is 0.427. The van der Waals surface area contributed by atoms with Crippen molar-refractivity contribution in [2.45, 2.75) is 0 Å². The highest BCUT2D eigenvalue weighted by Gasteiger charge is 2.06. The molecule has 3 heteroatoms. The van der Waals surface area contributed by atoms with E-state index in [1.807, 2.05) is 24.3 Å². The summed E-state index contributed by atoms with van der Waals surface area (Å²) in [7, 11) is 0. The molecule has 60 valence electrons. The monoisotopic (exact) mass is 160 g/mol. The standard InChI is InChI=1S/C9H8N2O/c10-5-8-9(11)6-3-1-2-4-7(6)12-8/h1-5,10H,11H2. The van der Waals surface area contributed by atoms with Gasteiger partial charge >= 0.3 is 0 Å². The van der Waals surface area contributed by atoms with Crippen LogP contribution in [0.4, 0.5) is 5.69 Å². The first-order valence-electron chi connectivity index (χ1n) is 3.60.